The number of aryl methyl sites for hydroxylation is 2. The molecule has 5 aromatic rings. The van der Waals surface area contributed by atoms with Crippen molar-refractivity contribution >= 4 is 23.3 Å². The summed E-state index contributed by atoms with van der Waals surface area (Å²) in [4.78, 5) is 18.9. The number of fused-ring (bicyclic) bond motifs is 2. The van der Waals surface area contributed by atoms with Crippen LogP contribution in [0.2, 0.25) is 0 Å². The van der Waals surface area contributed by atoms with E-state index in [2.05, 4.69) is 54.3 Å². The summed E-state index contributed by atoms with van der Waals surface area (Å²) in [7, 11) is 0. The highest BCUT2D eigenvalue weighted by molar-refractivity contribution is 6.09. The molecule has 3 aromatic carbocycles. The summed E-state index contributed by atoms with van der Waals surface area (Å²) in [6, 6.07) is 25.5. The Balaban J connectivity index is 1.32. The van der Waals surface area contributed by atoms with Crippen molar-refractivity contribution in [2.45, 2.75) is 65.1 Å². The molecule has 2 aliphatic rings. The average Bonchev–Trinajstić information content (AvgIpc) is 3.68. The van der Waals surface area contributed by atoms with Crippen LogP contribution in [0.25, 0.3) is 23.0 Å². The van der Waals surface area contributed by atoms with Crippen LogP contribution in [0.15, 0.2) is 95.6 Å². The lowest BCUT2D eigenvalue weighted by Crippen LogP contribution is -2.32. The van der Waals surface area contributed by atoms with Crippen molar-refractivity contribution in [3.8, 4) is 11.3 Å². The van der Waals surface area contributed by atoms with Gasteiger partial charge in [-0.25, -0.2) is 14.5 Å². The van der Waals surface area contributed by atoms with Gasteiger partial charge < -0.3 is 0 Å². The topological polar surface area (TPSA) is 62.9 Å². The van der Waals surface area contributed by atoms with Gasteiger partial charge in [-0.15, -0.1) is 0 Å². The number of rotatable bonds is 5. The molecule has 0 N–H and O–H groups in total. The van der Waals surface area contributed by atoms with Crippen LogP contribution in [0.4, 0.5) is 13.2 Å². The normalized spacial score (nSPS) is 18.9. The van der Waals surface area contributed by atoms with E-state index in [1.54, 1.807) is 12.1 Å². The Hall–Kier alpha value is -5.05. The number of hydrazone groups is 1. The zero-order valence-electron chi connectivity index (χ0n) is 27.3. The molecule has 0 bridgehead atoms. The first-order valence-corrected chi connectivity index (χ1v) is 16.3. The molecule has 1 fully saturated rings. The Labute approximate surface area is 277 Å². The minimum Gasteiger partial charge on any atom is -0.265 e. The standard InChI is InChI=1S/C39H36F3N5O/c1-23(2)27-16-18-28(19-17-27)32-21-34(39(40,41)42)46-35(43-32)22-33(44-46)38(48)47-37(29-14-10-25(4)11-15-29)31-7-5-6-30(36(31)45-47)20-26-12-8-24(3)9-13-26/h8-23,31,37H,5-7H2,1-4H3/b30-20+/t31-,37+/m0/s1. The molecule has 2 atom stereocenters. The maximum absolute atomic E-state index is 14.4. The zero-order valence-corrected chi connectivity index (χ0v) is 27.3. The van der Waals surface area contributed by atoms with E-state index in [1.807, 2.05) is 50.2 Å². The van der Waals surface area contributed by atoms with Crippen molar-refractivity contribution in [1.82, 2.24) is 19.6 Å². The zero-order chi connectivity index (χ0) is 33.7. The van der Waals surface area contributed by atoms with Gasteiger partial charge in [0.1, 0.15) is 0 Å². The largest absolute Gasteiger partial charge is 0.433 e. The molecule has 0 unspecified atom stereocenters. The van der Waals surface area contributed by atoms with E-state index in [4.69, 9.17) is 5.10 Å². The van der Waals surface area contributed by atoms with Gasteiger partial charge in [0.25, 0.3) is 5.91 Å². The minimum absolute atomic E-state index is 0.0628. The number of nitrogens with zero attached hydrogens (tertiary/aromatic N) is 5. The molecule has 0 spiro atoms. The summed E-state index contributed by atoms with van der Waals surface area (Å²) in [6.45, 7) is 8.15. The van der Waals surface area contributed by atoms with E-state index < -0.39 is 23.8 Å². The van der Waals surface area contributed by atoms with Gasteiger partial charge in [0.2, 0.25) is 0 Å². The average molecular weight is 648 g/mol. The van der Waals surface area contributed by atoms with Gasteiger partial charge in [-0.1, -0.05) is 97.8 Å². The lowest BCUT2D eigenvalue weighted by Gasteiger charge is -2.29. The fourth-order valence-electron chi connectivity index (χ4n) is 6.71. The summed E-state index contributed by atoms with van der Waals surface area (Å²) in [6.07, 6.45) is -0.0242. The van der Waals surface area contributed by atoms with Crippen molar-refractivity contribution in [2.24, 2.45) is 11.0 Å². The predicted molar refractivity (Wildman–Crippen MR) is 182 cm³/mol. The van der Waals surface area contributed by atoms with Crippen molar-refractivity contribution in [3.05, 3.63) is 130 Å². The van der Waals surface area contributed by atoms with Gasteiger partial charge in [0, 0.05) is 17.5 Å². The Bertz CT molecular complexity index is 2060. The van der Waals surface area contributed by atoms with Gasteiger partial charge in [0.15, 0.2) is 17.0 Å². The molecule has 244 valence electrons. The maximum Gasteiger partial charge on any atom is 0.433 e. The first-order chi connectivity index (χ1) is 23.0. The Kier molecular flexibility index (Phi) is 8.01. The number of benzene rings is 3. The quantitative estimate of drug-likeness (QED) is 0.191. The summed E-state index contributed by atoms with van der Waals surface area (Å²) >= 11 is 0. The van der Waals surface area contributed by atoms with Gasteiger partial charge in [-0.2, -0.15) is 23.4 Å². The summed E-state index contributed by atoms with van der Waals surface area (Å²) < 4.78 is 44.1. The molecule has 6 nitrogen and oxygen atoms in total. The number of allylic oxidation sites excluding steroid dienone is 1. The monoisotopic (exact) mass is 647 g/mol. The molecular formula is C39H36F3N5O. The van der Waals surface area contributed by atoms with Crippen molar-refractivity contribution in [1.29, 1.82) is 0 Å². The van der Waals surface area contributed by atoms with Crippen LogP contribution in [0.3, 0.4) is 0 Å². The molecule has 3 heterocycles. The number of carbonyl (C=O) groups excluding carboxylic acids is 1. The summed E-state index contributed by atoms with van der Waals surface area (Å²) in [5.74, 6) is -0.360. The number of alkyl halides is 3. The van der Waals surface area contributed by atoms with Crippen LogP contribution in [-0.4, -0.2) is 31.2 Å². The fraction of sp³-hybridized carbons (Fsp3) is 0.282. The second-order valence-electron chi connectivity index (χ2n) is 13.2. The summed E-state index contributed by atoms with van der Waals surface area (Å²) in [5.41, 5.74) is 6.67. The van der Waals surface area contributed by atoms with Crippen molar-refractivity contribution < 1.29 is 18.0 Å². The van der Waals surface area contributed by atoms with Gasteiger partial charge in [-0.05, 0) is 73.4 Å². The highest BCUT2D eigenvalue weighted by atomic mass is 19.4. The van der Waals surface area contributed by atoms with E-state index in [1.165, 1.54) is 16.6 Å². The second kappa shape index (κ2) is 12.2. The Morgan fingerprint density at radius 1 is 0.917 bits per heavy atom. The first kappa shape index (κ1) is 31.5. The Morgan fingerprint density at radius 2 is 1.58 bits per heavy atom. The maximum atomic E-state index is 14.4. The second-order valence-corrected chi connectivity index (χ2v) is 13.2. The molecule has 0 saturated heterocycles. The molecule has 2 aromatic heterocycles. The molecule has 1 aliphatic heterocycles. The van der Waals surface area contributed by atoms with Crippen LogP contribution in [0.1, 0.15) is 89.1 Å². The lowest BCUT2D eigenvalue weighted by atomic mass is 9.77. The minimum atomic E-state index is -4.73. The molecular weight excluding hydrogens is 611 g/mol. The fourth-order valence-corrected chi connectivity index (χ4v) is 6.71. The molecule has 0 radical (unpaired) electrons. The molecule has 1 aliphatic carbocycles. The third kappa shape index (κ3) is 5.93. The molecule has 1 saturated carbocycles. The van der Waals surface area contributed by atoms with E-state index in [9.17, 15) is 18.0 Å². The number of hydrogen-bond acceptors (Lipinski definition) is 4. The van der Waals surface area contributed by atoms with Crippen LogP contribution >= 0.6 is 0 Å². The van der Waals surface area contributed by atoms with Crippen molar-refractivity contribution in [2.75, 3.05) is 0 Å². The predicted octanol–water partition coefficient (Wildman–Crippen LogP) is 9.59. The lowest BCUT2D eigenvalue weighted by molar-refractivity contribution is -0.142. The SMILES string of the molecule is Cc1ccc(/C=C2\CCC[C@H]3C2=NN(C(=O)c2cc4nc(-c5ccc(C(C)C)cc5)cc(C(F)(F)F)n4n2)[C@@H]3c2ccc(C)cc2)cc1. The van der Waals surface area contributed by atoms with Crippen LogP contribution in [-0.2, 0) is 6.18 Å². The van der Waals surface area contributed by atoms with Gasteiger partial charge >= 0.3 is 6.18 Å². The summed E-state index contributed by atoms with van der Waals surface area (Å²) in [5, 5.41) is 10.6. The number of hydrogen-bond donors (Lipinski definition) is 0. The first-order valence-electron chi connectivity index (χ1n) is 16.3. The van der Waals surface area contributed by atoms with Gasteiger partial charge in [-0.3, -0.25) is 4.79 Å². The number of halogens is 3. The van der Waals surface area contributed by atoms with E-state index in [0.29, 0.717) is 5.56 Å². The molecule has 48 heavy (non-hydrogen) atoms. The third-order valence-electron chi connectivity index (χ3n) is 9.36. The van der Waals surface area contributed by atoms with E-state index >= 15 is 0 Å². The highest BCUT2D eigenvalue weighted by Crippen LogP contribution is 2.45. The number of amides is 1. The Morgan fingerprint density at radius 3 is 2.23 bits per heavy atom. The molecule has 1 amide bonds. The number of carbonyl (C=O) groups is 1. The van der Waals surface area contributed by atoms with Crippen LogP contribution in [0, 0.1) is 19.8 Å². The molecule has 9 heteroatoms. The smallest absolute Gasteiger partial charge is 0.265 e. The van der Waals surface area contributed by atoms with Crippen LogP contribution < -0.4 is 0 Å². The van der Waals surface area contributed by atoms with E-state index in [0.717, 1.165) is 63.4 Å². The van der Waals surface area contributed by atoms with Crippen LogP contribution in [0.5, 0.6) is 0 Å². The molecule has 7 rings (SSSR count). The van der Waals surface area contributed by atoms with Gasteiger partial charge in [0.05, 0.1) is 17.4 Å². The number of aromatic nitrogens is 3. The van der Waals surface area contributed by atoms with E-state index in [-0.39, 0.29) is 28.9 Å². The third-order valence-corrected chi connectivity index (χ3v) is 9.36. The highest BCUT2D eigenvalue weighted by Gasteiger charge is 2.45. The van der Waals surface area contributed by atoms with Crippen molar-refractivity contribution in [3.63, 3.8) is 0 Å².